The molecule has 1 amide bonds. The Morgan fingerprint density at radius 2 is 2.08 bits per heavy atom. The van der Waals surface area contributed by atoms with Crippen LogP contribution in [0.25, 0.3) is 0 Å². The van der Waals surface area contributed by atoms with Crippen LogP contribution in [0.15, 0.2) is 18.2 Å². The zero-order valence-corrected chi connectivity index (χ0v) is 14.0. The van der Waals surface area contributed by atoms with E-state index < -0.39 is 38.0 Å². The van der Waals surface area contributed by atoms with Crippen molar-refractivity contribution in [3.05, 3.63) is 33.9 Å². The van der Waals surface area contributed by atoms with Gasteiger partial charge in [-0.2, -0.15) is 8.42 Å². The number of amides is 1. The Morgan fingerprint density at radius 3 is 2.54 bits per heavy atom. The van der Waals surface area contributed by atoms with Gasteiger partial charge >= 0.3 is 21.8 Å². The molecular formula is C13H16N2O8S. The fraction of sp³-hybridized carbons (Fsp3) is 0.385. The predicted octanol–water partition coefficient (Wildman–Crippen LogP) is 0.153. The summed E-state index contributed by atoms with van der Waals surface area (Å²) in [5, 5.41) is 13.3. The molecule has 0 aliphatic heterocycles. The topological polar surface area (TPSA) is 142 Å². The van der Waals surface area contributed by atoms with Gasteiger partial charge in [0.05, 0.1) is 18.3 Å². The number of nitro groups is 1. The summed E-state index contributed by atoms with van der Waals surface area (Å²) < 4.78 is 31.7. The molecule has 0 heterocycles. The van der Waals surface area contributed by atoms with Crippen molar-refractivity contribution in [2.75, 3.05) is 13.4 Å². The molecule has 0 bridgehead atoms. The molecule has 1 atom stereocenters. The second-order valence-corrected chi connectivity index (χ2v) is 6.68. The van der Waals surface area contributed by atoms with E-state index in [4.69, 9.17) is 0 Å². The third-order valence-electron chi connectivity index (χ3n) is 3.03. The van der Waals surface area contributed by atoms with Gasteiger partial charge in [0.25, 0.3) is 0 Å². The van der Waals surface area contributed by atoms with Crippen LogP contribution in [0.3, 0.4) is 0 Å². The number of carbonyl (C=O) groups is 2. The number of rotatable bonds is 8. The number of carbonyl (C=O) groups excluding carboxylic acids is 2. The maximum absolute atomic E-state index is 11.8. The van der Waals surface area contributed by atoms with Gasteiger partial charge in [-0.3, -0.25) is 14.9 Å². The Labute approximate surface area is 138 Å². The van der Waals surface area contributed by atoms with E-state index in [0.29, 0.717) is 12.0 Å². The molecule has 0 spiro atoms. The minimum atomic E-state index is -3.99. The maximum Gasteiger partial charge on any atom is 0.331 e. The van der Waals surface area contributed by atoms with E-state index in [-0.39, 0.29) is 6.42 Å². The first-order chi connectivity index (χ1) is 11.0. The van der Waals surface area contributed by atoms with Crippen molar-refractivity contribution >= 4 is 28.2 Å². The highest BCUT2D eigenvalue weighted by Gasteiger charge is 2.34. The third-order valence-corrected chi connectivity index (χ3v) is 3.52. The van der Waals surface area contributed by atoms with Crippen molar-refractivity contribution in [1.82, 2.24) is 5.32 Å². The number of methoxy groups -OCH3 is 1. The summed E-state index contributed by atoms with van der Waals surface area (Å²) in [6, 6.07) is 3.49. The lowest BCUT2D eigenvalue weighted by atomic mass is 9.92. The van der Waals surface area contributed by atoms with Crippen LogP contribution in [0.1, 0.15) is 12.5 Å². The summed E-state index contributed by atoms with van der Waals surface area (Å²) in [6.45, 7) is 1.39. The standard InChI is InChI=1S/C13H16N2O8S/c1-13(14-8-16,12(17)22-2)7-9-4-5-10(15(18)19)11(6-9)23-24(3,20)21/h4-6,8H,7H2,1-3H3,(H,14,16)/t13-/m0/s1. The van der Waals surface area contributed by atoms with E-state index in [9.17, 15) is 28.1 Å². The minimum absolute atomic E-state index is 0.101. The van der Waals surface area contributed by atoms with Gasteiger partial charge in [-0.25, -0.2) is 4.79 Å². The zero-order chi connectivity index (χ0) is 18.5. The smallest absolute Gasteiger partial charge is 0.331 e. The highest BCUT2D eigenvalue weighted by Crippen LogP contribution is 2.30. The van der Waals surface area contributed by atoms with E-state index >= 15 is 0 Å². The van der Waals surface area contributed by atoms with E-state index in [2.05, 4.69) is 14.2 Å². The largest absolute Gasteiger partial charge is 0.467 e. The first kappa shape index (κ1) is 19.4. The summed E-state index contributed by atoms with van der Waals surface area (Å²) in [5.74, 6) is -1.23. The van der Waals surface area contributed by atoms with E-state index in [1.165, 1.54) is 13.0 Å². The van der Waals surface area contributed by atoms with Crippen LogP contribution in [0.5, 0.6) is 5.75 Å². The lowest BCUT2D eigenvalue weighted by molar-refractivity contribution is -0.385. The molecule has 1 rings (SSSR count). The fourth-order valence-corrected chi connectivity index (χ4v) is 2.45. The van der Waals surface area contributed by atoms with Crippen LogP contribution in [0.4, 0.5) is 5.69 Å². The number of ether oxygens (including phenoxy) is 1. The van der Waals surface area contributed by atoms with Crippen molar-refractivity contribution < 1.29 is 31.9 Å². The van der Waals surface area contributed by atoms with Gasteiger partial charge in [-0.15, -0.1) is 0 Å². The number of nitrogens with zero attached hydrogens (tertiary/aromatic N) is 1. The molecule has 1 N–H and O–H groups in total. The number of nitro benzene ring substituents is 1. The van der Waals surface area contributed by atoms with Crippen LogP contribution in [-0.4, -0.2) is 44.6 Å². The van der Waals surface area contributed by atoms with E-state index in [0.717, 1.165) is 25.5 Å². The van der Waals surface area contributed by atoms with Crippen molar-refractivity contribution in [2.45, 2.75) is 18.9 Å². The maximum atomic E-state index is 11.8. The Balaban J connectivity index is 3.30. The van der Waals surface area contributed by atoms with E-state index in [1.54, 1.807) is 0 Å². The Bertz CT molecular complexity index is 761. The molecule has 0 aliphatic rings. The molecule has 24 heavy (non-hydrogen) atoms. The lowest BCUT2D eigenvalue weighted by Crippen LogP contribution is -2.51. The van der Waals surface area contributed by atoms with Crippen LogP contribution in [0.2, 0.25) is 0 Å². The summed E-state index contributed by atoms with van der Waals surface area (Å²) in [7, 11) is -2.85. The van der Waals surface area contributed by atoms with Crippen LogP contribution in [0, 0.1) is 10.1 Å². The Hall–Kier alpha value is -2.69. The molecular weight excluding hydrogens is 344 g/mol. The molecule has 10 nitrogen and oxygen atoms in total. The molecule has 132 valence electrons. The summed E-state index contributed by atoms with van der Waals surface area (Å²) >= 11 is 0. The van der Waals surface area contributed by atoms with Crippen molar-refractivity contribution in [2.24, 2.45) is 0 Å². The molecule has 0 radical (unpaired) electrons. The molecule has 11 heteroatoms. The number of nitrogens with one attached hydrogen (secondary N) is 1. The molecule has 0 saturated carbocycles. The average Bonchev–Trinajstić information content (AvgIpc) is 2.44. The summed E-state index contributed by atoms with van der Waals surface area (Å²) in [4.78, 5) is 32.7. The average molecular weight is 360 g/mol. The highest BCUT2D eigenvalue weighted by atomic mass is 32.2. The van der Waals surface area contributed by atoms with Crippen molar-refractivity contribution in [3.63, 3.8) is 0 Å². The number of hydrogen-bond donors (Lipinski definition) is 1. The zero-order valence-electron chi connectivity index (χ0n) is 13.1. The van der Waals surface area contributed by atoms with Gasteiger partial charge in [0, 0.05) is 12.5 Å². The predicted molar refractivity (Wildman–Crippen MR) is 81.9 cm³/mol. The van der Waals surface area contributed by atoms with E-state index in [1.807, 2.05) is 0 Å². The number of esters is 1. The SMILES string of the molecule is COC(=O)[C@](C)(Cc1ccc([N+](=O)[O-])c(OS(C)(=O)=O)c1)NC=O. The normalized spacial score (nSPS) is 13.5. The second-order valence-electron chi connectivity index (χ2n) is 5.11. The Morgan fingerprint density at radius 1 is 1.46 bits per heavy atom. The lowest BCUT2D eigenvalue weighted by Gasteiger charge is -2.26. The van der Waals surface area contributed by atoms with Crippen molar-refractivity contribution in [1.29, 1.82) is 0 Å². The number of benzene rings is 1. The summed E-state index contributed by atoms with van der Waals surface area (Å²) in [5.41, 5.74) is -1.66. The van der Waals surface area contributed by atoms with Crippen LogP contribution in [-0.2, 0) is 30.9 Å². The first-order valence-corrected chi connectivity index (χ1v) is 8.30. The van der Waals surface area contributed by atoms with Gasteiger partial charge in [0.15, 0.2) is 0 Å². The highest BCUT2D eigenvalue weighted by molar-refractivity contribution is 7.86. The molecule has 0 saturated heterocycles. The van der Waals surface area contributed by atoms with Crippen molar-refractivity contribution in [3.8, 4) is 5.75 Å². The molecule has 1 aromatic carbocycles. The Kier molecular flexibility index (Phi) is 5.85. The van der Waals surface area contributed by atoms with Gasteiger partial charge in [0.1, 0.15) is 5.54 Å². The quantitative estimate of drug-likeness (QED) is 0.227. The summed E-state index contributed by atoms with van der Waals surface area (Å²) in [6.07, 6.45) is 0.961. The number of hydrogen-bond acceptors (Lipinski definition) is 8. The third kappa shape index (κ3) is 4.91. The molecule has 0 fully saturated rings. The second kappa shape index (κ2) is 7.25. The molecule has 1 aromatic rings. The van der Waals surface area contributed by atoms with Gasteiger partial charge in [-0.05, 0) is 18.6 Å². The van der Waals surface area contributed by atoms with Crippen LogP contribution >= 0.6 is 0 Å². The minimum Gasteiger partial charge on any atom is -0.467 e. The monoisotopic (exact) mass is 360 g/mol. The fourth-order valence-electron chi connectivity index (χ4n) is 1.99. The molecule has 0 aromatic heterocycles. The van der Waals surface area contributed by atoms with Gasteiger partial charge < -0.3 is 14.2 Å². The molecule has 0 unspecified atom stereocenters. The van der Waals surface area contributed by atoms with Gasteiger partial charge in [-0.1, -0.05) is 6.07 Å². The first-order valence-electron chi connectivity index (χ1n) is 6.49. The van der Waals surface area contributed by atoms with Crippen LogP contribution < -0.4 is 9.50 Å². The molecule has 0 aliphatic carbocycles. The van der Waals surface area contributed by atoms with Gasteiger partial charge in [0.2, 0.25) is 12.2 Å².